The zero-order valence-electron chi connectivity index (χ0n) is 33.9. The van der Waals surface area contributed by atoms with Crippen LogP contribution in [0.5, 0.6) is 0 Å². The van der Waals surface area contributed by atoms with Crippen LogP contribution in [0.1, 0.15) is 0 Å². The minimum atomic E-state index is 0.543. The Morgan fingerprint density at radius 3 is 1.56 bits per heavy atom. The van der Waals surface area contributed by atoms with E-state index in [2.05, 4.69) is 185 Å². The van der Waals surface area contributed by atoms with Crippen molar-refractivity contribution in [3.8, 4) is 56.7 Å². The predicted molar refractivity (Wildman–Crippen MR) is 258 cm³/mol. The lowest BCUT2D eigenvalue weighted by Crippen LogP contribution is -2.07. The third-order valence-corrected chi connectivity index (χ3v) is 12.4. The van der Waals surface area contributed by atoms with E-state index in [1.807, 2.05) is 36.4 Å². The van der Waals surface area contributed by atoms with Crippen molar-refractivity contribution in [1.29, 1.82) is 0 Å². The number of nitrogens with zero attached hydrogens (tertiary/aromatic N) is 5. The summed E-state index contributed by atoms with van der Waals surface area (Å²) < 4.78 is 11.0. The van der Waals surface area contributed by atoms with Crippen LogP contribution in [0.2, 0.25) is 0 Å². The van der Waals surface area contributed by atoms with Crippen molar-refractivity contribution in [2.24, 2.45) is 0 Å². The van der Waals surface area contributed by atoms with Gasteiger partial charge in [0.25, 0.3) is 0 Å². The Bertz CT molecular complexity index is 3920. The van der Waals surface area contributed by atoms with Crippen LogP contribution in [0.3, 0.4) is 0 Å². The molecule has 0 saturated carbocycles. The summed E-state index contributed by atoms with van der Waals surface area (Å²) in [6, 6.07) is 74.5. The lowest BCUT2D eigenvalue weighted by atomic mass is 10.0. The Morgan fingerprint density at radius 2 is 0.810 bits per heavy atom. The lowest BCUT2D eigenvalue weighted by Gasteiger charge is -2.14. The summed E-state index contributed by atoms with van der Waals surface area (Å²) in [5.41, 5.74) is 13.3. The van der Waals surface area contributed by atoms with Crippen molar-refractivity contribution in [2.45, 2.75) is 0 Å². The highest BCUT2D eigenvalue weighted by atomic mass is 16.3. The summed E-state index contributed by atoms with van der Waals surface area (Å²) in [5, 5.41) is 6.78. The zero-order chi connectivity index (χ0) is 41.4. The molecule has 63 heavy (non-hydrogen) atoms. The Kier molecular flexibility index (Phi) is 7.80. The molecule has 0 amide bonds. The average molecular weight is 806 g/mol. The van der Waals surface area contributed by atoms with Gasteiger partial charge in [-0.1, -0.05) is 164 Å². The van der Waals surface area contributed by atoms with E-state index < -0.39 is 0 Å². The number of rotatable bonds is 6. The number of hydrogen-bond acceptors (Lipinski definition) is 4. The Labute approximate surface area is 361 Å². The number of hydrogen-bond donors (Lipinski definition) is 0. The largest absolute Gasteiger partial charge is 0.456 e. The van der Waals surface area contributed by atoms with Gasteiger partial charge in [0.15, 0.2) is 11.6 Å². The van der Waals surface area contributed by atoms with E-state index >= 15 is 0 Å². The van der Waals surface area contributed by atoms with E-state index in [-0.39, 0.29) is 0 Å². The molecular weight excluding hydrogens is 771 g/mol. The fourth-order valence-corrected chi connectivity index (χ4v) is 9.49. The van der Waals surface area contributed by atoms with Crippen LogP contribution in [0.25, 0.3) is 122 Å². The maximum Gasteiger partial charge on any atom is 0.238 e. The molecule has 0 N–H and O–H groups in total. The Morgan fingerprint density at radius 1 is 0.302 bits per heavy atom. The van der Waals surface area contributed by atoms with E-state index in [1.54, 1.807) is 0 Å². The van der Waals surface area contributed by atoms with Crippen LogP contribution in [0.4, 0.5) is 0 Å². The maximum absolute atomic E-state index is 6.30. The highest BCUT2D eigenvalue weighted by Gasteiger charge is 2.24. The molecule has 0 aliphatic heterocycles. The van der Waals surface area contributed by atoms with Crippen molar-refractivity contribution >= 4 is 65.6 Å². The standard InChI is InChI=1S/C57H35N5O/c1-3-15-36(16-4-1)39-20-14-22-42(34-39)61-49-26-10-7-23-43(49)47-31-32-48-44-24-8-11-27-50(44)62(54(48)53(47)61)57-59-55(37-17-5-2-6-18-37)58-56(60-57)41-21-13-19-38(33-41)40-29-30-46-45-25-9-12-28-51(45)63-52(46)35-40/h1-35H. The molecule has 0 atom stereocenters. The normalized spacial score (nSPS) is 11.8. The molecule has 9 aromatic carbocycles. The molecule has 0 unspecified atom stereocenters. The summed E-state index contributed by atoms with van der Waals surface area (Å²) in [4.78, 5) is 16.0. The van der Waals surface area contributed by atoms with Crippen LogP contribution in [-0.2, 0) is 0 Å². The molecule has 6 heteroatoms. The van der Waals surface area contributed by atoms with Gasteiger partial charge >= 0.3 is 0 Å². The average Bonchev–Trinajstić information content (AvgIpc) is 4.02. The van der Waals surface area contributed by atoms with Crippen molar-refractivity contribution < 1.29 is 4.42 Å². The monoisotopic (exact) mass is 805 g/mol. The molecule has 0 aliphatic rings. The molecule has 0 spiro atoms. The first-order chi connectivity index (χ1) is 31.2. The van der Waals surface area contributed by atoms with E-state index in [9.17, 15) is 0 Å². The van der Waals surface area contributed by atoms with Crippen LogP contribution >= 0.6 is 0 Å². The van der Waals surface area contributed by atoms with E-state index in [4.69, 9.17) is 19.4 Å². The predicted octanol–water partition coefficient (Wildman–Crippen LogP) is 14.6. The molecule has 0 fully saturated rings. The van der Waals surface area contributed by atoms with Gasteiger partial charge in [-0.05, 0) is 70.8 Å². The highest BCUT2D eigenvalue weighted by Crippen LogP contribution is 2.42. The van der Waals surface area contributed by atoms with Crippen LogP contribution in [0, 0.1) is 0 Å². The van der Waals surface area contributed by atoms with Gasteiger partial charge in [-0.15, -0.1) is 0 Å². The second kappa shape index (κ2) is 14.0. The number of aromatic nitrogens is 5. The molecule has 6 nitrogen and oxygen atoms in total. The molecule has 4 aromatic heterocycles. The van der Waals surface area contributed by atoms with Gasteiger partial charge < -0.3 is 8.98 Å². The van der Waals surface area contributed by atoms with Crippen LogP contribution in [0.15, 0.2) is 217 Å². The van der Waals surface area contributed by atoms with Crippen molar-refractivity contribution in [2.75, 3.05) is 0 Å². The summed E-state index contributed by atoms with van der Waals surface area (Å²) in [6.45, 7) is 0. The molecular formula is C57H35N5O. The fraction of sp³-hybridized carbons (Fsp3) is 0. The molecule has 0 aliphatic carbocycles. The fourth-order valence-electron chi connectivity index (χ4n) is 9.49. The first-order valence-electron chi connectivity index (χ1n) is 21.2. The summed E-state index contributed by atoms with van der Waals surface area (Å²) in [6.07, 6.45) is 0. The van der Waals surface area contributed by atoms with E-state index in [1.165, 1.54) is 10.9 Å². The maximum atomic E-state index is 6.30. The SMILES string of the molecule is c1ccc(-c2cccc(-n3c4ccccc4c4ccc5c6ccccc6n(-c6nc(-c7ccccc7)nc(-c7cccc(-c8ccc9c(c8)oc8ccccc89)c7)n6)c5c43)c2)cc1. The second-order valence-corrected chi connectivity index (χ2v) is 16.0. The first-order valence-corrected chi connectivity index (χ1v) is 21.2. The third kappa shape index (κ3) is 5.62. The van der Waals surface area contributed by atoms with Crippen LogP contribution in [-0.4, -0.2) is 24.1 Å². The third-order valence-electron chi connectivity index (χ3n) is 12.4. The molecule has 13 aromatic rings. The molecule has 0 saturated heterocycles. The van der Waals surface area contributed by atoms with Gasteiger partial charge in [-0.3, -0.25) is 4.57 Å². The first kappa shape index (κ1) is 35.2. The Balaban J connectivity index is 1.07. The van der Waals surface area contributed by atoms with Crippen molar-refractivity contribution in [3.63, 3.8) is 0 Å². The van der Waals surface area contributed by atoms with Crippen molar-refractivity contribution in [3.05, 3.63) is 212 Å². The number of fused-ring (bicyclic) bond motifs is 10. The highest BCUT2D eigenvalue weighted by molar-refractivity contribution is 6.23. The van der Waals surface area contributed by atoms with E-state index in [0.717, 1.165) is 93.7 Å². The van der Waals surface area contributed by atoms with Crippen LogP contribution < -0.4 is 0 Å². The lowest BCUT2D eigenvalue weighted by molar-refractivity contribution is 0.669. The molecule has 13 rings (SSSR count). The Hall–Kier alpha value is -8.61. The van der Waals surface area contributed by atoms with Gasteiger partial charge in [0.2, 0.25) is 5.95 Å². The molecule has 294 valence electrons. The van der Waals surface area contributed by atoms with E-state index in [0.29, 0.717) is 17.6 Å². The number of para-hydroxylation sites is 3. The summed E-state index contributed by atoms with van der Waals surface area (Å²) >= 11 is 0. The molecule has 4 heterocycles. The topological polar surface area (TPSA) is 61.7 Å². The minimum Gasteiger partial charge on any atom is -0.456 e. The van der Waals surface area contributed by atoms with Crippen molar-refractivity contribution in [1.82, 2.24) is 24.1 Å². The smallest absolute Gasteiger partial charge is 0.238 e. The van der Waals surface area contributed by atoms with Gasteiger partial charge in [-0.25, -0.2) is 4.98 Å². The number of benzene rings is 9. The minimum absolute atomic E-state index is 0.543. The zero-order valence-corrected chi connectivity index (χ0v) is 33.9. The quantitative estimate of drug-likeness (QED) is 0.168. The second-order valence-electron chi connectivity index (χ2n) is 16.0. The van der Waals surface area contributed by atoms with Gasteiger partial charge in [0.05, 0.1) is 22.1 Å². The van der Waals surface area contributed by atoms with Gasteiger partial charge in [0, 0.05) is 49.1 Å². The van der Waals surface area contributed by atoms with Gasteiger partial charge in [0.1, 0.15) is 11.2 Å². The molecule has 0 radical (unpaired) electrons. The van der Waals surface area contributed by atoms with Gasteiger partial charge in [-0.2, -0.15) is 9.97 Å². The molecule has 0 bridgehead atoms. The number of furan rings is 1. The summed E-state index contributed by atoms with van der Waals surface area (Å²) in [7, 11) is 0. The summed E-state index contributed by atoms with van der Waals surface area (Å²) in [5.74, 6) is 1.72.